The van der Waals surface area contributed by atoms with Gasteiger partial charge >= 0.3 is 0 Å². The largest absolute Gasteiger partial charge is 0.337 e. The monoisotopic (exact) mass is 350 g/mol. The molecule has 108 valence electrons. The van der Waals surface area contributed by atoms with Crippen LogP contribution in [0.3, 0.4) is 0 Å². The van der Waals surface area contributed by atoms with E-state index in [1.54, 1.807) is 16.8 Å². The smallest absolute Gasteiger partial charge is 0.248 e. The molecule has 0 fully saturated rings. The van der Waals surface area contributed by atoms with Crippen molar-refractivity contribution in [2.45, 2.75) is 20.4 Å². The van der Waals surface area contributed by atoms with Crippen molar-refractivity contribution in [3.8, 4) is 11.4 Å². The minimum atomic E-state index is -0.296. The Hall–Kier alpha value is -2.02. The lowest BCUT2D eigenvalue weighted by atomic mass is 10.2. The lowest BCUT2D eigenvalue weighted by Gasteiger charge is -1.99. The van der Waals surface area contributed by atoms with E-state index in [4.69, 9.17) is 4.52 Å². The number of hydrogen-bond donors (Lipinski definition) is 0. The Balaban J connectivity index is 1.85. The van der Waals surface area contributed by atoms with Crippen LogP contribution < -0.4 is 0 Å². The van der Waals surface area contributed by atoms with Gasteiger partial charge in [0.15, 0.2) is 0 Å². The Morgan fingerprint density at radius 2 is 1.95 bits per heavy atom. The maximum absolute atomic E-state index is 12.9. The Bertz CT molecular complexity index is 779. The molecule has 1 aromatic carbocycles. The van der Waals surface area contributed by atoms with Crippen LogP contribution in [0.5, 0.6) is 0 Å². The molecule has 0 radical (unpaired) electrons. The minimum absolute atomic E-state index is 0.296. The normalized spacial score (nSPS) is 11.0. The number of aryl methyl sites for hydroxylation is 1. The van der Waals surface area contributed by atoms with Gasteiger partial charge in [-0.05, 0) is 54.0 Å². The van der Waals surface area contributed by atoms with Crippen molar-refractivity contribution in [1.82, 2.24) is 19.9 Å². The summed E-state index contributed by atoms with van der Waals surface area (Å²) in [6.07, 6.45) is 0. The van der Waals surface area contributed by atoms with Crippen LogP contribution in [0.1, 0.15) is 17.3 Å². The van der Waals surface area contributed by atoms with Gasteiger partial charge in [-0.3, -0.25) is 4.68 Å². The highest BCUT2D eigenvalue weighted by Crippen LogP contribution is 2.21. The molecule has 7 heteroatoms. The van der Waals surface area contributed by atoms with E-state index < -0.39 is 0 Å². The van der Waals surface area contributed by atoms with E-state index in [0.717, 1.165) is 15.9 Å². The molecular weight excluding hydrogens is 339 g/mol. The third kappa shape index (κ3) is 2.73. The van der Waals surface area contributed by atoms with Gasteiger partial charge in [0.1, 0.15) is 12.4 Å². The molecule has 0 unspecified atom stereocenters. The maximum atomic E-state index is 12.9. The summed E-state index contributed by atoms with van der Waals surface area (Å²) in [4.78, 5) is 4.31. The zero-order chi connectivity index (χ0) is 15.0. The molecular formula is C14H12BrFN4O. The van der Waals surface area contributed by atoms with Gasteiger partial charge in [-0.15, -0.1) is 0 Å². The summed E-state index contributed by atoms with van der Waals surface area (Å²) in [5.41, 5.74) is 2.61. The molecule has 0 aliphatic carbocycles. The number of nitrogens with zero attached hydrogens (tertiary/aromatic N) is 4. The Morgan fingerprint density at radius 3 is 2.57 bits per heavy atom. The van der Waals surface area contributed by atoms with Gasteiger partial charge in [0.2, 0.25) is 11.7 Å². The van der Waals surface area contributed by atoms with Crippen LogP contribution in [0, 0.1) is 19.7 Å². The number of hydrogen-bond acceptors (Lipinski definition) is 4. The average molecular weight is 351 g/mol. The van der Waals surface area contributed by atoms with Crippen molar-refractivity contribution in [3.05, 3.63) is 51.8 Å². The zero-order valence-corrected chi connectivity index (χ0v) is 13.1. The minimum Gasteiger partial charge on any atom is -0.337 e. The summed E-state index contributed by atoms with van der Waals surface area (Å²) in [6.45, 7) is 4.28. The Kier molecular flexibility index (Phi) is 3.59. The van der Waals surface area contributed by atoms with Crippen LogP contribution in [0.2, 0.25) is 0 Å². The molecule has 0 saturated carbocycles. The van der Waals surface area contributed by atoms with Crippen LogP contribution in [0.15, 0.2) is 33.3 Å². The van der Waals surface area contributed by atoms with Crippen molar-refractivity contribution < 1.29 is 8.91 Å². The molecule has 0 saturated heterocycles. The number of halogens is 2. The quantitative estimate of drug-likeness (QED) is 0.725. The average Bonchev–Trinajstić information content (AvgIpc) is 3.02. The fraction of sp³-hybridized carbons (Fsp3) is 0.214. The van der Waals surface area contributed by atoms with E-state index in [1.807, 2.05) is 13.8 Å². The molecule has 3 rings (SSSR count). The maximum Gasteiger partial charge on any atom is 0.248 e. The molecule has 0 spiro atoms. The first kappa shape index (κ1) is 13.9. The topological polar surface area (TPSA) is 56.7 Å². The first-order chi connectivity index (χ1) is 10.0. The van der Waals surface area contributed by atoms with Crippen LogP contribution in [0.25, 0.3) is 11.4 Å². The predicted octanol–water partition coefficient (Wildman–Crippen LogP) is 3.50. The summed E-state index contributed by atoms with van der Waals surface area (Å²) < 4.78 is 20.9. The van der Waals surface area contributed by atoms with Gasteiger partial charge in [-0.2, -0.15) is 10.1 Å². The summed E-state index contributed by atoms with van der Waals surface area (Å²) in [5, 5.41) is 8.30. The van der Waals surface area contributed by atoms with E-state index in [-0.39, 0.29) is 5.82 Å². The Labute approximate surface area is 128 Å². The highest BCUT2D eigenvalue weighted by molar-refractivity contribution is 9.10. The van der Waals surface area contributed by atoms with Crippen LogP contribution in [-0.4, -0.2) is 19.9 Å². The first-order valence-corrected chi connectivity index (χ1v) is 7.12. The number of rotatable bonds is 3. The molecule has 0 aliphatic heterocycles. The van der Waals surface area contributed by atoms with Gasteiger partial charge in [-0.1, -0.05) is 5.16 Å². The molecule has 5 nitrogen and oxygen atoms in total. The highest BCUT2D eigenvalue weighted by atomic mass is 79.9. The Morgan fingerprint density at radius 1 is 1.24 bits per heavy atom. The number of aromatic nitrogens is 4. The second kappa shape index (κ2) is 5.40. The molecule has 2 aromatic heterocycles. The van der Waals surface area contributed by atoms with E-state index in [1.165, 1.54) is 12.1 Å². The highest BCUT2D eigenvalue weighted by Gasteiger charge is 2.13. The second-order valence-electron chi connectivity index (χ2n) is 4.66. The molecule has 0 aliphatic rings. The van der Waals surface area contributed by atoms with Crippen molar-refractivity contribution in [1.29, 1.82) is 0 Å². The first-order valence-electron chi connectivity index (χ1n) is 6.32. The number of benzene rings is 1. The summed E-state index contributed by atoms with van der Waals surface area (Å²) in [6, 6.07) is 5.96. The van der Waals surface area contributed by atoms with Gasteiger partial charge < -0.3 is 4.52 Å². The summed E-state index contributed by atoms with van der Waals surface area (Å²) in [5.74, 6) is 0.591. The van der Waals surface area contributed by atoms with E-state index in [0.29, 0.717) is 23.8 Å². The van der Waals surface area contributed by atoms with Crippen molar-refractivity contribution in [2.75, 3.05) is 0 Å². The van der Waals surface area contributed by atoms with Crippen molar-refractivity contribution in [3.63, 3.8) is 0 Å². The summed E-state index contributed by atoms with van der Waals surface area (Å²) in [7, 11) is 0. The lowest BCUT2D eigenvalue weighted by Crippen LogP contribution is -2.04. The van der Waals surface area contributed by atoms with E-state index >= 15 is 0 Å². The van der Waals surface area contributed by atoms with Gasteiger partial charge in [-0.25, -0.2) is 4.39 Å². The standard InChI is InChI=1S/C14H12BrFN4O/c1-8-13(15)9(2)20(18-8)7-12-17-14(19-21-12)10-3-5-11(16)6-4-10/h3-6H,7H2,1-2H3. The summed E-state index contributed by atoms with van der Waals surface area (Å²) >= 11 is 3.48. The van der Waals surface area contributed by atoms with E-state index in [2.05, 4.69) is 31.2 Å². The molecule has 0 N–H and O–H groups in total. The molecule has 21 heavy (non-hydrogen) atoms. The van der Waals surface area contributed by atoms with Gasteiger partial charge in [0.25, 0.3) is 0 Å². The predicted molar refractivity (Wildman–Crippen MR) is 78.2 cm³/mol. The third-order valence-corrected chi connectivity index (χ3v) is 4.30. The fourth-order valence-corrected chi connectivity index (χ4v) is 2.28. The van der Waals surface area contributed by atoms with Gasteiger partial charge in [0.05, 0.1) is 15.9 Å². The SMILES string of the molecule is Cc1nn(Cc2nc(-c3ccc(F)cc3)no2)c(C)c1Br. The van der Waals surface area contributed by atoms with Crippen LogP contribution >= 0.6 is 15.9 Å². The third-order valence-electron chi connectivity index (χ3n) is 3.15. The fourth-order valence-electron chi connectivity index (χ4n) is 1.99. The molecule has 2 heterocycles. The zero-order valence-electron chi connectivity index (χ0n) is 11.5. The van der Waals surface area contributed by atoms with Crippen LogP contribution in [-0.2, 0) is 6.54 Å². The second-order valence-corrected chi connectivity index (χ2v) is 5.45. The molecule has 0 atom stereocenters. The van der Waals surface area contributed by atoms with Crippen molar-refractivity contribution in [2.24, 2.45) is 0 Å². The molecule has 0 bridgehead atoms. The van der Waals surface area contributed by atoms with E-state index in [9.17, 15) is 4.39 Å². The molecule has 3 aromatic rings. The lowest BCUT2D eigenvalue weighted by molar-refractivity contribution is 0.364. The van der Waals surface area contributed by atoms with Gasteiger partial charge in [0, 0.05) is 5.56 Å². The van der Waals surface area contributed by atoms with Crippen molar-refractivity contribution >= 4 is 15.9 Å². The van der Waals surface area contributed by atoms with Crippen LogP contribution in [0.4, 0.5) is 4.39 Å². The molecule has 0 amide bonds.